The lowest BCUT2D eigenvalue weighted by molar-refractivity contribution is -0.137. The van der Waals surface area contributed by atoms with Gasteiger partial charge in [-0.2, -0.15) is 18.3 Å². The molecule has 43 heavy (non-hydrogen) atoms. The van der Waals surface area contributed by atoms with E-state index in [2.05, 4.69) is 20.3 Å². The van der Waals surface area contributed by atoms with Gasteiger partial charge in [-0.3, -0.25) is 0 Å². The Hall–Kier alpha value is -4.30. The van der Waals surface area contributed by atoms with Gasteiger partial charge in [0.15, 0.2) is 5.11 Å². The number of rotatable bonds is 8. The van der Waals surface area contributed by atoms with Crippen LogP contribution < -0.4 is 15.0 Å². The molecule has 14 heteroatoms. The van der Waals surface area contributed by atoms with Crippen LogP contribution in [-0.2, 0) is 18.3 Å². The predicted molar refractivity (Wildman–Crippen MR) is 154 cm³/mol. The summed E-state index contributed by atoms with van der Waals surface area (Å²) in [5, 5.41) is 18.8. The molecular weight excluding hydrogens is 591 g/mol. The lowest BCUT2D eigenvalue weighted by atomic mass is 9.94. The molecule has 1 aliphatic heterocycles. The van der Waals surface area contributed by atoms with Crippen LogP contribution in [0.5, 0.6) is 5.75 Å². The normalized spacial score (nSPS) is 15.2. The summed E-state index contributed by atoms with van der Waals surface area (Å²) in [4.78, 5) is 7.94. The number of hydrogen-bond donors (Lipinski definition) is 2. The van der Waals surface area contributed by atoms with Gasteiger partial charge in [-0.05, 0) is 66.8 Å². The first-order chi connectivity index (χ1) is 20.5. The van der Waals surface area contributed by atoms with Crippen molar-refractivity contribution in [2.45, 2.75) is 18.3 Å². The van der Waals surface area contributed by atoms with Gasteiger partial charge in [0.2, 0.25) is 0 Å². The lowest BCUT2D eigenvalue weighted by Crippen LogP contribution is -2.50. The maximum Gasteiger partial charge on any atom is 0.416 e. The number of nitrogens with zero attached hydrogens (tertiary/aromatic N) is 5. The molecule has 1 fully saturated rings. The maximum atomic E-state index is 14.6. The molecule has 1 aromatic heterocycles. The Balaban J connectivity index is 1.16. The molecule has 1 atom stereocenters. The fourth-order valence-corrected chi connectivity index (χ4v) is 5.03. The van der Waals surface area contributed by atoms with Gasteiger partial charge in [-0.15, -0.1) is 0 Å². The first kappa shape index (κ1) is 30.2. The van der Waals surface area contributed by atoms with Gasteiger partial charge < -0.3 is 25.0 Å². The average Bonchev–Trinajstić information content (AvgIpc) is 3.49. The molecule has 5 rings (SSSR count). The van der Waals surface area contributed by atoms with Crippen LogP contribution >= 0.6 is 12.2 Å². The molecular formula is C29H27F5N6O2S. The van der Waals surface area contributed by atoms with Crippen molar-refractivity contribution in [3.63, 3.8) is 0 Å². The second kappa shape index (κ2) is 12.5. The summed E-state index contributed by atoms with van der Waals surface area (Å²) in [7, 11) is 0. The Morgan fingerprint density at radius 3 is 2.26 bits per heavy atom. The number of alkyl halides is 3. The number of aromatic nitrogens is 3. The summed E-state index contributed by atoms with van der Waals surface area (Å²) in [6.45, 7) is 1.99. The molecule has 226 valence electrons. The number of aliphatic hydroxyl groups is 1. The van der Waals surface area contributed by atoms with Crippen LogP contribution in [0.15, 0.2) is 79.4 Å². The van der Waals surface area contributed by atoms with Crippen LogP contribution in [0.2, 0.25) is 0 Å². The number of anilines is 2. The molecule has 8 nitrogen and oxygen atoms in total. The van der Waals surface area contributed by atoms with Gasteiger partial charge >= 0.3 is 6.18 Å². The van der Waals surface area contributed by atoms with Crippen molar-refractivity contribution in [2.75, 3.05) is 43.0 Å². The first-order valence-corrected chi connectivity index (χ1v) is 13.6. The van der Waals surface area contributed by atoms with Crippen molar-refractivity contribution in [1.82, 2.24) is 19.7 Å². The number of benzene rings is 3. The van der Waals surface area contributed by atoms with Crippen LogP contribution in [0.4, 0.5) is 33.3 Å². The highest BCUT2D eigenvalue weighted by Gasteiger charge is 2.35. The molecule has 0 aliphatic carbocycles. The number of hydrogen-bond acceptors (Lipinski definition) is 6. The van der Waals surface area contributed by atoms with Gasteiger partial charge in [0.25, 0.3) is 0 Å². The smallest absolute Gasteiger partial charge is 0.416 e. The van der Waals surface area contributed by atoms with E-state index >= 15 is 0 Å². The molecule has 0 bridgehead atoms. The summed E-state index contributed by atoms with van der Waals surface area (Å²) in [5.41, 5.74) is -1.32. The van der Waals surface area contributed by atoms with Gasteiger partial charge in [0.05, 0.1) is 12.1 Å². The quantitative estimate of drug-likeness (QED) is 0.210. The predicted octanol–water partition coefficient (Wildman–Crippen LogP) is 5.06. The second-order valence-corrected chi connectivity index (χ2v) is 10.4. The van der Waals surface area contributed by atoms with Crippen molar-refractivity contribution >= 4 is 28.7 Å². The van der Waals surface area contributed by atoms with E-state index in [0.717, 1.165) is 23.9 Å². The molecule has 1 aliphatic rings. The molecule has 0 radical (unpaired) electrons. The van der Waals surface area contributed by atoms with E-state index in [-0.39, 0.29) is 18.7 Å². The third-order valence-corrected chi connectivity index (χ3v) is 7.39. The average molecular weight is 619 g/mol. The molecule has 4 aromatic rings. The maximum absolute atomic E-state index is 14.6. The molecule has 2 N–H and O–H groups in total. The van der Waals surface area contributed by atoms with Crippen LogP contribution in [0.3, 0.4) is 0 Å². The largest absolute Gasteiger partial charge is 0.490 e. The zero-order valence-corrected chi connectivity index (χ0v) is 23.5. The minimum Gasteiger partial charge on any atom is -0.490 e. The van der Waals surface area contributed by atoms with Crippen LogP contribution in [-0.4, -0.2) is 62.7 Å². The van der Waals surface area contributed by atoms with Gasteiger partial charge in [0, 0.05) is 49.2 Å². The molecule has 1 unspecified atom stereocenters. The number of piperazine rings is 1. The zero-order valence-electron chi connectivity index (χ0n) is 22.6. The highest BCUT2D eigenvalue weighted by Crippen LogP contribution is 2.31. The Kier molecular flexibility index (Phi) is 8.78. The highest BCUT2D eigenvalue weighted by atomic mass is 32.1. The lowest BCUT2D eigenvalue weighted by Gasteiger charge is -2.37. The zero-order chi connectivity index (χ0) is 30.6. The summed E-state index contributed by atoms with van der Waals surface area (Å²) in [6, 6.07) is 14.8. The molecule has 0 saturated carbocycles. The van der Waals surface area contributed by atoms with Crippen molar-refractivity contribution < 1.29 is 31.8 Å². The summed E-state index contributed by atoms with van der Waals surface area (Å²) in [5.74, 6) is -1.24. The van der Waals surface area contributed by atoms with E-state index in [9.17, 15) is 27.1 Å². The van der Waals surface area contributed by atoms with Crippen molar-refractivity contribution in [2.24, 2.45) is 0 Å². The minimum absolute atomic E-state index is 0.135. The monoisotopic (exact) mass is 618 g/mol. The van der Waals surface area contributed by atoms with Gasteiger partial charge in [-0.25, -0.2) is 18.4 Å². The fraction of sp³-hybridized carbons (Fsp3) is 0.276. The Bertz CT molecular complexity index is 1530. The van der Waals surface area contributed by atoms with E-state index < -0.39 is 29.0 Å². The number of thiocarbonyl (C=S) groups is 1. The first-order valence-electron chi connectivity index (χ1n) is 13.2. The topological polar surface area (TPSA) is 78.7 Å². The number of halogens is 5. The summed E-state index contributed by atoms with van der Waals surface area (Å²) in [6.07, 6.45) is -1.74. The highest BCUT2D eigenvalue weighted by molar-refractivity contribution is 7.80. The Morgan fingerprint density at radius 1 is 0.953 bits per heavy atom. The molecule has 3 aromatic carbocycles. The summed E-state index contributed by atoms with van der Waals surface area (Å²) < 4.78 is 73.8. The molecule has 1 saturated heterocycles. The van der Waals surface area contributed by atoms with E-state index in [1.807, 2.05) is 17.0 Å². The third-order valence-electron chi connectivity index (χ3n) is 7.03. The van der Waals surface area contributed by atoms with Crippen LogP contribution in [0.1, 0.15) is 11.1 Å². The van der Waals surface area contributed by atoms with Gasteiger partial charge in [-0.1, -0.05) is 6.07 Å². The number of nitrogens with one attached hydrogen (secondary N) is 1. The van der Waals surface area contributed by atoms with Gasteiger partial charge in [0.1, 0.15) is 42.2 Å². The molecule has 0 amide bonds. The number of ether oxygens (including phenoxy) is 1. The summed E-state index contributed by atoms with van der Waals surface area (Å²) >= 11 is 5.47. The van der Waals surface area contributed by atoms with E-state index in [1.165, 1.54) is 35.5 Å². The second-order valence-electron chi connectivity index (χ2n) is 10.0. The van der Waals surface area contributed by atoms with Crippen molar-refractivity contribution in [3.05, 3.63) is 102 Å². The van der Waals surface area contributed by atoms with Crippen LogP contribution in [0, 0.1) is 11.6 Å². The third kappa shape index (κ3) is 7.38. The Morgan fingerprint density at radius 2 is 1.65 bits per heavy atom. The van der Waals surface area contributed by atoms with E-state index in [0.29, 0.717) is 48.8 Å². The SMILES string of the molecule is OC(COc1ccc(N2CCN(C(=S)Nc3ccc(C(F)(F)F)cc3)CC2)cc1)(Cn1cncn1)c1ccc(F)cc1F. The molecule has 0 spiro atoms. The Labute approximate surface area is 249 Å². The van der Waals surface area contributed by atoms with E-state index in [1.54, 1.807) is 12.1 Å². The van der Waals surface area contributed by atoms with Crippen molar-refractivity contribution in [1.29, 1.82) is 0 Å². The van der Waals surface area contributed by atoms with E-state index in [4.69, 9.17) is 17.0 Å². The van der Waals surface area contributed by atoms with Crippen LogP contribution in [0.25, 0.3) is 0 Å². The minimum atomic E-state index is -4.40. The van der Waals surface area contributed by atoms with Crippen molar-refractivity contribution in [3.8, 4) is 5.75 Å². The fourth-order valence-electron chi connectivity index (χ4n) is 4.73. The molecule has 2 heterocycles. The standard InChI is InChI=1S/C29H27F5N6O2S/c30-21-3-10-25(26(31)15-21)28(41,16-40-19-35-18-36-40)17-42-24-8-6-23(7-9-24)38-11-13-39(14-12-38)27(43)37-22-4-1-20(2-5-22)29(32,33)34/h1-10,15,18-19,41H,11-14,16-17H2,(H,37,43).